The second-order valence-electron chi connectivity index (χ2n) is 5.52. The van der Waals surface area contributed by atoms with Gasteiger partial charge in [-0.1, -0.05) is 0 Å². The van der Waals surface area contributed by atoms with E-state index in [9.17, 15) is 27.1 Å². The second kappa shape index (κ2) is 6.32. The lowest BCUT2D eigenvalue weighted by atomic mass is 10.1. The summed E-state index contributed by atoms with van der Waals surface area (Å²) < 4.78 is 65.4. The van der Waals surface area contributed by atoms with Crippen LogP contribution >= 0.6 is 0 Å². The first-order valence-electron chi connectivity index (χ1n) is 7.32. The normalized spacial score (nSPS) is 11.6. The molecule has 0 fully saturated rings. The molecule has 9 heteroatoms. The van der Waals surface area contributed by atoms with Crippen molar-refractivity contribution < 1.29 is 27.1 Å². The lowest BCUT2D eigenvalue weighted by Crippen LogP contribution is -2.11. The van der Waals surface area contributed by atoms with Gasteiger partial charge in [-0.25, -0.2) is 8.78 Å². The maximum absolute atomic E-state index is 13.2. The Morgan fingerprint density at radius 2 is 1.62 bits per heavy atom. The van der Waals surface area contributed by atoms with E-state index >= 15 is 0 Å². The van der Waals surface area contributed by atoms with Crippen molar-refractivity contribution in [3.05, 3.63) is 59.8 Å². The Balaban J connectivity index is 1.89. The Hall–Kier alpha value is -3.10. The van der Waals surface area contributed by atoms with Gasteiger partial charge < -0.3 is 10.4 Å². The summed E-state index contributed by atoms with van der Waals surface area (Å²) in [6.07, 6.45) is -4.57. The van der Waals surface area contributed by atoms with Crippen LogP contribution in [0.15, 0.2) is 42.5 Å². The van der Waals surface area contributed by atoms with Gasteiger partial charge in [0.25, 0.3) is 0 Å². The molecule has 4 nitrogen and oxygen atoms in total. The molecule has 0 amide bonds. The fourth-order valence-electron chi connectivity index (χ4n) is 2.43. The number of nitrogens with one attached hydrogen (secondary N) is 1. The summed E-state index contributed by atoms with van der Waals surface area (Å²) in [4.78, 5) is 0. The van der Waals surface area contributed by atoms with Gasteiger partial charge in [0.05, 0.1) is 5.69 Å². The molecular weight excluding hydrogens is 357 g/mol. The summed E-state index contributed by atoms with van der Waals surface area (Å²) in [6, 6.07) is 8.11. The lowest BCUT2D eigenvalue weighted by Gasteiger charge is -2.09. The summed E-state index contributed by atoms with van der Waals surface area (Å²) in [5, 5.41) is 16.6. The molecule has 0 bridgehead atoms. The van der Waals surface area contributed by atoms with E-state index in [0.717, 1.165) is 25.2 Å². The number of anilines is 2. The predicted molar refractivity (Wildman–Crippen MR) is 85.0 cm³/mol. The molecule has 2 aromatic carbocycles. The number of aromatic nitrogens is 2. The van der Waals surface area contributed by atoms with Crippen molar-refractivity contribution in [2.75, 3.05) is 5.32 Å². The zero-order chi connectivity index (χ0) is 19.1. The van der Waals surface area contributed by atoms with E-state index in [1.54, 1.807) is 0 Å². The first-order valence-corrected chi connectivity index (χ1v) is 7.32. The van der Waals surface area contributed by atoms with E-state index in [1.807, 2.05) is 0 Å². The molecule has 1 aromatic heterocycles. The Kier molecular flexibility index (Phi) is 4.31. The van der Waals surface area contributed by atoms with E-state index in [0.29, 0.717) is 10.4 Å². The number of halogens is 5. The summed E-state index contributed by atoms with van der Waals surface area (Å²) >= 11 is 0. The van der Waals surface area contributed by atoms with Crippen molar-refractivity contribution in [3.8, 4) is 17.0 Å². The van der Waals surface area contributed by atoms with E-state index in [4.69, 9.17) is 0 Å². The van der Waals surface area contributed by atoms with Crippen LogP contribution in [0, 0.1) is 11.6 Å². The van der Waals surface area contributed by atoms with Crippen molar-refractivity contribution in [2.45, 2.75) is 6.18 Å². The minimum Gasteiger partial charge on any atom is -0.507 e. The summed E-state index contributed by atoms with van der Waals surface area (Å²) in [5.41, 5.74) is -0.308. The summed E-state index contributed by atoms with van der Waals surface area (Å²) in [5.74, 6) is -2.35. The third-order valence-electron chi connectivity index (χ3n) is 3.65. The number of benzene rings is 2. The smallest absolute Gasteiger partial charge is 0.433 e. The van der Waals surface area contributed by atoms with Crippen LogP contribution in [0.5, 0.6) is 5.75 Å². The number of aromatic hydroxyl groups is 1. The van der Waals surface area contributed by atoms with Crippen LogP contribution < -0.4 is 5.32 Å². The molecule has 0 saturated carbocycles. The van der Waals surface area contributed by atoms with Gasteiger partial charge in [-0.15, -0.1) is 0 Å². The molecule has 3 aromatic rings. The van der Waals surface area contributed by atoms with Crippen LogP contribution in [0.2, 0.25) is 0 Å². The monoisotopic (exact) mass is 369 g/mol. The van der Waals surface area contributed by atoms with Crippen LogP contribution in [0.1, 0.15) is 5.69 Å². The van der Waals surface area contributed by atoms with Gasteiger partial charge >= 0.3 is 6.18 Å². The average Bonchev–Trinajstić information content (AvgIpc) is 2.93. The van der Waals surface area contributed by atoms with Crippen molar-refractivity contribution in [1.82, 2.24) is 9.78 Å². The van der Waals surface area contributed by atoms with E-state index in [1.165, 1.54) is 24.3 Å². The van der Waals surface area contributed by atoms with Crippen LogP contribution in [0.25, 0.3) is 11.3 Å². The van der Waals surface area contributed by atoms with Gasteiger partial charge in [0, 0.05) is 36.1 Å². The van der Waals surface area contributed by atoms with Gasteiger partial charge in [-0.3, -0.25) is 4.68 Å². The first kappa shape index (κ1) is 17.7. The molecule has 0 saturated heterocycles. The zero-order valence-corrected chi connectivity index (χ0v) is 13.3. The number of aryl methyl sites for hydroxylation is 1. The van der Waals surface area contributed by atoms with Gasteiger partial charge in [0.2, 0.25) is 0 Å². The number of hydrogen-bond donors (Lipinski definition) is 2. The van der Waals surface area contributed by atoms with Crippen molar-refractivity contribution >= 4 is 11.4 Å². The number of phenolic OH excluding ortho intramolecular Hbond substituents is 1. The van der Waals surface area contributed by atoms with Gasteiger partial charge in [-0.05, 0) is 30.3 Å². The number of alkyl halides is 3. The number of rotatable bonds is 3. The molecule has 0 aliphatic carbocycles. The minimum atomic E-state index is -4.57. The highest BCUT2D eigenvalue weighted by Crippen LogP contribution is 2.36. The largest absolute Gasteiger partial charge is 0.507 e. The molecule has 2 N–H and O–H groups in total. The van der Waals surface area contributed by atoms with Crippen molar-refractivity contribution in [2.24, 2.45) is 7.05 Å². The van der Waals surface area contributed by atoms with Gasteiger partial charge in [-0.2, -0.15) is 18.3 Å². The Bertz CT molecular complexity index is 966. The first-order chi connectivity index (χ1) is 12.1. The summed E-state index contributed by atoms with van der Waals surface area (Å²) in [7, 11) is 1.16. The molecule has 0 aliphatic rings. The van der Waals surface area contributed by atoms with E-state index in [-0.39, 0.29) is 22.7 Å². The molecule has 0 spiro atoms. The number of hydrogen-bond acceptors (Lipinski definition) is 3. The number of nitrogens with zero attached hydrogens (tertiary/aromatic N) is 2. The third-order valence-corrected chi connectivity index (χ3v) is 3.65. The van der Waals surface area contributed by atoms with E-state index < -0.39 is 23.5 Å². The SMILES string of the molecule is Cn1nc(-c2ccc(Nc3ccc(F)c(F)c3)cc2O)cc1C(F)(F)F. The van der Waals surface area contributed by atoms with Gasteiger partial charge in [0.15, 0.2) is 11.6 Å². The molecule has 0 atom stereocenters. The molecule has 0 unspecified atom stereocenters. The second-order valence-corrected chi connectivity index (χ2v) is 5.52. The Morgan fingerprint density at radius 1 is 0.962 bits per heavy atom. The molecule has 0 aliphatic heterocycles. The maximum Gasteiger partial charge on any atom is 0.433 e. The average molecular weight is 369 g/mol. The summed E-state index contributed by atoms with van der Waals surface area (Å²) in [6.45, 7) is 0. The van der Waals surface area contributed by atoms with Crippen LogP contribution in [0.3, 0.4) is 0 Å². The number of phenols is 1. The Morgan fingerprint density at radius 3 is 2.19 bits per heavy atom. The molecule has 0 radical (unpaired) electrons. The van der Waals surface area contributed by atoms with Crippen LogP contribution in [-0.2, 0) is 13.2 Å². The highest BCUT2D eigenvalue weighted by Gasteiger charge is 2.35. The molecule has 136 valence electrons. The highest BCUT2D eigenvalue weighted by atomic mass is 19.4. The molecule has 3 rings (SSSR count). The standard InChI is InChI=1S/C17H12F5N3O/c1-25-16(17(20,21)22)8-14(24-25)11-4-2-10(7-15(11)26)23-9-3-5-12(18)13(19)6-9/h2-8,23,26H,1H3. The third kappa shape index (κ3) is 3.46. The highest BCUT2D eigenvalue weighted by molar-refractivity contribution is 5.72. The molecule has 26 heavy (non-hydrogen) atoms. The van der Waals surface area contributed by atoms with Crippen molar-refractivity contribution in [3.63, 3.8) is 0 Å². The fraction of sp³-hybridized carbons (Fsp3) is 0.118. The molecular formula is C17H12F5N3O. The Labute approximate surface area is 144 Å². The molecule has 1 heterocycles. The van der Waals surface area contributed by atoms with E-state index in [2.05, 4.69) is 10.4 Å². The zero-order valence-electron chi connectivity index (χ0n) is 13.3. The topological polar surface area (TPSA) is 50.1 Å². The predicted octanol–water partition coefficient (Wildman–Crippen LogP) is 4.83. The minimum absolute atomic E-state index is 0.0447. The van der Waals surface area contributed by atoms with Crippen LogP contribution in [0.4, 0.5) is 33.3 Å². The fourth-order valence-corrected chi connectivity index (χ4v) is 2.43. The maximum atomic E-state index is 13.2. The van der Waals surface area contributed by atoms with Crippen molar-refractivity contribution in [1.29, 1.82) is 0 Å². The lowest BCUT2D eigenvalue weighted by molar-refractivity contribution is -0.143. The van der Waals surface area contributed by atoms with Crippen LogP contribution in [-0.4, -0.2) is 14.9 Å². The van der Waals surface area contributed by atoms with Gasteiger partial charge in [0.1, 0.15) is 11.4 Å². The quantitative estimate of drug-likeness (QED) is 0.650.